The van der Waals surface area contributed by atoms with Crippen LogP contribution in [0.25, 0.3) is 0 Å². The van der Waals surface area contributed by atoms with E-state index < -0.39 is 0 Å². The average molecular weight is 196 g/mol. The van der Waals surface area contributed by atoms with Crippen LogP contribution in [-0.2, 0) is 4.74 Å². The zero-order valence-electron chi connectivity index (χ0n) is 9.88. The first-order chi connectivity index (χ1) is 6.70. The smallest absolute Gasteiger partial charge is 0.0917 e. The molecule has 0 aromatic heterocycles. The maximum absolute atomic E-state index is 5.68. The lowest BCUT2D eigenvalue weighted by Crippen LogP contribution is -1.99. The van der Waals surface area contributed by atoms with E-state index in [2.05, 4.69) is 26.5 Å². The summed E-state index contributed by atoms with van der Waals surface area (Å²) in [5, 5.41) is 0. The fourth-order valence-electron chi connectivity index (χ4n) is 1.15. The van der Waals surface area contributed by atoms with Gasteiger partial charge < -0.3 is 4.74 Å². The van der Waals surface area contributed by atoms with Gasteiger partial charge in [0.15, 0.2) is 0 Å². The lowest BCUT2D eigenvalue weighted by atomic mass is 10.1. The summed E-state index contributed by atoms with van der Waals surface area (Å²) < 4.78 is 5.68. The molecule has 0 heterocycles. The molecule has 0 fully saturated rings. The Bertz CT molecular complexity index is 168. The molecule has 1 nitrogen and oxygen atoms in total. The molecule has 1 heteroatoms. The van der Waals surface area contributed by atoms with Crippen LogP contribution >= 0.6 is 0 Å². The Labute approximate surface area is 88.9 Å². The largest absolute Gasteiger partial charge is 0.498 e. The highest BCUT2D eigenvalue weighted by atomic mass is 16.5. The molecule has 0 atom stereocenters. The van der Waals surface area contributed by atoms with E-state index in [0.717, 1.165) is 44.0 Å². The maximum atomic E-state index is 5.68. The molecule has 0 saturated carbocycles. The first-order valence-electron chi connectivity index (χ1n) is 5.59. The van der Waals surface area contributed by atoms with E-state index in [1.54, 1.807) is 0 Å². The third kappa shape index (κ3) is 7.90. The molecule has 0 unspecified atom stereocenters. The Morgan fingerprint density at radius 2 is 2.14 bits per heavy atom. The highest BCUT2D eigenvalue weighted by Crippen LogP contribution is 2.11. The fourth-order valence-corrected chi connectivity index (χ4v) is 1.15. The van der Waals surface area contributed by atoms with Crippen molar-refractivity contribution in [2.45, 2.75) is 46.5 Å². The molecule has 0 rings (SSSR count). The minimum absolute atomic E-state index is 0.723. The molecular weight excluding hydrogens is 172 g/mol. The Hall–Kier alpha value is -0.720. The number of ether oxygens (including phenoxy) is 1. The van der Waals surface area contributed by atoms with Crippen LogP contribution in [-0.4, -0.2) is 6.61 Å². The highest BCUT2D eigenvalue weighted by Gasteiger charge is 1.98. The number of allylic oxidation sites excluding steroid dienone is 3. The number of rotatable bonds is 8. The summed E-state index contributed by atoms with van der Waals surface area (Å²) in [7, 11) is 0. The molecule has 0 aliphatic heterocycles. The minimum Gasteiger partial charge on any atom is -0.498 e. The van der Waals surface area contributed by atoms with Gasteiger partial charge in [-0.15, -0.1) is 6.58 Å². The maximum Gasteiger partial charge on any atom is 0.0917 e. The molecule has 0 amide bonds. The van der Waals surface area contributed by atoms with Crippen LogP contribution in [0.15, 0.2) is 24.5 Å². The van der Waals surface area contributed by atoms with E-state index in [1.165, 1.54) is 0 Å². The Morgan fingerprint density at radius 3 is 2.64 bits per heavy atom. The average Bonchev–Trinajstić information content (AvgIpc) is 2.15. The summed E-state index contributed by atoms with van der Waals surface area (Å²) in [6.07, 6.45) is 8.43. The third-order valence-corrected chi connectivity index (χ3v) is 2.14. The molecular formula is C13H24O. The lowest BCUT2D eigenvalue weighted by Gasteiger charge is -2.10. The summed E-state index contributed by atoms with van der Waals surface area (Å²) in [6.45, 7) is 11.0. The van der Waals surface area contributed by atoms with E-state index in [9.17, 15) is 0 Å². The van der Waals surface area contributed by atoms with Crippen molar-refractivity contribution >= 4 is 0 Å². The fraction of sp³-hybridized carbons (Fsp3) is 0.692. The van der Waals surface area contributed by atoms with Crippen molar-refractivity contribution in [3.8, 4) is 0 Å². The van der Waals surface area contributed by atoms with Crippen LogP contribution in [0.2, 0.25) is 0 Å². The topological polar surface area (TPSA) is 9.23 Å². The summed E-state index contributed by atoms with van der Waals surface area (Å²) in [6, 6.07) is 0. The van der Waals surface area contributed by atoms with Crippen molar-refractivity contribution in [2.75, 3.05) is 6.61 Å². The van der Waals surface area contributed by atoms with Gasteiger partial charge in [0.05, 0.1) is 12.4 Å². The van der Waals surface area contributed by atoms with Gasteiger partial charge >= 0.3 is 0 Å². The van der Waals surface area contributed by atoms with Gasteiger partial charge in [-0.2, -0.15) is 0 Å². The quantitative estimate of drug-likeness (QED) is 0.319. The van der Waals surface area contributed by atoms with Crippen molar-refractivity contribution in [1.29, 1.82) is 0 Å². The molecule has 0 bridgehead atoms. The molecule has 14 heavy (non-hydrogen) atoms. The molecule has 0 aliphatic carbocycles. The molecule has 0 aromatic carbocycles. The third-order valence-electron chi connectivity index (χ3n) is 2.14. The summed E-state index contributed by atoms with van der Waals surface area (Å²) in [5.41, 5.74) is 0. The molecule has 0 aliphatic rings. The van der Waals surface area contributed by atoms with Gasteiger partial charge in [0.2, 0.25) is 0 Å². The van der Waals surface area contributed by atoms with E-state index >= 15 is 0 Å². The van der Waals surface area contributed by atoms with Gasteiger partial charge in [0.1, 0.15) is 0 Å². The minimum atomic E-state index is 0.723. The van der Waals surface area contributed by atoms with Gasteiger partial charge in [0, 0.05) is 6.42 Å². The number of hydrogen-bond donors (Lipinski definition) is 0. The van der Waals surface area contributed by atoms with Crippen molar-refractivity contribution in [2.24, 2.45) is 5.92 Å². The van der Waals surface area contributed by atoms with Crippen LogP contribution in [0, 0.1) is 5.92 Å². The first-order valence-corrected chi connectivity index (χ1v) is 5.59. The monoisotopic (exact) mass is 196 g/mol. The zero-order chi connectivity index (χ0) is 10.8. The first kappa shape index (κ1) is 13.3. The molecule has 0 spiro atoms. The van der Waals surface area contributed by atoms with E-state index in [1.807, 2.05) is 13.0 Å². The van der Waals surface area contributed by atoms with Crippen LogP contribution in [0.4, 0.5) is 0 Å². The van der Waals surface area contributed by atoms with Gasteiger partial charge in [-0.05, 0) is 38.2 Å². The summed E-state index contributed by atoms with van der Waals surface area (Å²) >= 11 is 0. The Morgan fingerprint density at radius 1 is 1.43 bits per heavy atom. The van der Waals surface area contributed by atoms with E-state index in [4.69, 9.17) is 4.74 Å². The second-order valence-corrected chi connectivity index (χ2v) is 3.97. The van der Waals surface area contributed by atoms with Crippen LogP contribution in [0.1, 0.15) is 46.5 Å². The highest BCUT2D eigenvalue weighted by molar-refractivity contribution is 4.90. The Kier molecular flexibility index (Phi) is 8.40. The van der Waals surface area contributed by atoms with Crippen molar-refractivity contribution < 1.29 is 4.74 Å². The number of unbranched alkanes of at least 4 members (excludes halogenated alkanes) is 1. The van der Waals surface area contributed by atoms with Crippen molar-refractivity contribution in [3.05, 3.63) is 24.5 Å². The molecule has 0 aromatic rings. The van der Waals surface area contributed by atoms with Crippen LogP contribution in [0.3, 0.4) is 0 Å². The second kappa shape index (κ2) is 8.86. The van der Waals surface area contributed by atoms with E-state index in [0.29, 0.717) is 0 Å². The van der Waals surface area contributed by atoms with Gasteiger partial charge in [-0.3, -0.25) is 0 Å². The standard InChI is InChI=1S/C13H24O/c1-5-7-8-9-13(6-2)14-11-10-12(3)4/h5-6,12H,1,7-11H2,2-4H3/b13-6-. The molecule has 0 radical (unpaired) electrons. The van der Waals surface area contributed by atoms with Crippen LogP contribution in [0.5, 0.6) is 0 Å². The van der Waals surface area contributed by atoms with Gasteiger partial charge in [-0.1, -0.05) is 19.9 Å². The van der Waals surface area contributed by atoms with Crippen molar-refractivity contribution in [3.63, 3.8) is 0 Å². The number of hydrogen-bond acceptors (Lipinski definition) is 1. The normalized spacial score (nSPS) is 11.9. The van der Waals surface area contributed by atoms with Crippen molar-refractivity contribution in [1.82, 2.24) is 0 Å². The lowest BCUT2D eigenvalue weighted by molar-refractivity contribution is 0.185. The summed E-state index contributed by atoms with van der Waals surface area (Å²) in [5.74, 6) is 1.86. The Balaban J connectivity index is 3.54. The SMILES string of the molecule is C=CCCC/C(=C/C)OCCC(C)C. The zero-order valence-corrected chi connectivity index (χ0v) is 9.88. The predicted octanol–water partition coefficient (Wildman–Crippen LogP) is 4.31. The predicted molar refractivity (Wildman–Crippen MR) is 63.2 cm³/mol. The van der Waals surface area contributed by atoms with Gasteiger partial charge in [0.25, 0.3) is 0 Å². The van der Waals surface area contributed by atoms with E-state index in [-0.39, 0.29) is 0 Å². The van der Waals surface area contributed by atoms with Gasteiger partial charge in [-0.25, -0.2) is 0 Å². The molecule has 0 saturated heterocycles. The van der Waals surface area contributed by atoms with Crippen LogP contribution < -0.4 is 0 Å². The summed E-state index contributed by atoms with van der Waals surface area (Å²) in [4.78, 5) is 0. The second-order valence-electron chi connectivity index (χ2n) is 3.97. The molecule has 82 valence electrons. The molecule has 0 N–H and O–H groups in total.